The Morgan fingerprint density at radius 1 is 1.10 bits per heavy atom. The van der Waals surface area contributed by atoms with E-state index >= 15 is 0 Å². The summed E-state index contributed by atoms with van der Waals surface area (Å²) in [5.74, 6) is 1.000. The van der Waals surface area contributed by atoms with E-state index in [-0.39, 0.29) is 36.1 Å². The standard InChI is InChI=1S/C24H29N3O3/c1-16(2)27(14-21-25-19-12-8-6-10-17(19)23(29)26-21)22(28)15-30-20-13-9-7-11-18(20)24(3,4)5/h6-13,16H,14-15H2,1-5H3,(H,25,26,29). The van der Waals surface area contributed by atoms with Crippen molar-refractivity contribution in [3.8, 4) is 5.75 Å². The zero-order valence-corrected chi connectivity index (χ0v) is 18.2. The van der Waals surface area contributed by atoms with Gasteiger partial charge in [0.05, 0.1) is 17.4 Å². The highest BCUT2D eigenvalue weighted by atomic mass is 16.5. The molecule has 0 saturated carbocycles. The Hall–Kier alpha value is -3.15. The quantitative estimate of drug-likeness (QED) is 0.669. The number of rotatable bonds is 6. The number of nitrogens with zero attached hydrogens (tertiary/aromatic N) is 2. The number of amides is 1. The molecule has 1 N–H and O–H groups in total. The molecule has 0 aliphatic heterocycles. The van der Waals surface area contributed by atoms with Crippen molar-refractivity contribution in [1.29, 1.82) is 0 Å². The van der Waals surface area contributed by atoms with E-state index in [4.69, 9.17) is 4.74 Å². The summed E-state index contributed by atoms with van der Waals surface area (Å²) in [6.07, 6.45) is 0. The van der Waals surface area contributed by atoms with Gasteiger partial charge in [-0.3, -0.25) is 9.59 Å². The van der Waals surface area contributed by atoms with Gasteiger partial charge in [0.2, 0.25) is 0 Å². The Morgan fingerprint density at radius 2 is 1.77 bits per heavy atom. The molecular formula is C24H29N3O3. The molecule has 3 rings (SSSR count). The number of aromatic nitrogens is 2. The number of carbonyl (C=O) groups excluding carboxylic acids is 1. The molecule has 6 nitrogen and oxygen atoms in total. The lowest BCUT2D eigenvalue weighted by molar-refractivity contribution is -0.135. The highest BCUT2D eigenvalue weighted by Gasteiger charge is 2.22. The molecule has 1 amide bonds. The van der Waals surface area contributed by atoms with Gasteiger partial charge in [-0.15, -0.1) is 0 Å². The Labute approximate surface area is 176 Å². The van der Waals surface area contributed by atoms with Crippen LogP contribution in [0.3, 0.4) is 0 Å². The lowest BCUT2D eigenvalue weighted by Gasteiger charge is -2.27. The zero-order valence-electron chi connectivity index (χ0n) is 18.2. The number of nitrogens with one attached hydrogen (secondary N) is 1. The summed E-state index contributed by atoms with van der Waals surface area (Å²) in [4.78, 5) is 34.3. The number of benzene rings is 2. The maximum absolute atomic E-state index is 13.0. The van der Waals surface area contributed by atoms with Crippen molar-refractivity contribution in [3.63, 3.8) is 0 Å². The van der Waals surface area contributed by atoms with E-state index in [1.807, 2.05) is 44.2 Å². The second-order valence-corrected chi connectivity index (χ2v) is 8.68. The molecule has 1 aromatic heterocycles. The van der Waals surface area contributed by atoms with E-state index in [0.29, 0.717) is 22.5 Å². The first kappa shape index (κ1) is 21.6. The Balaban J connectivity index is 1.78. The van der Waals surface area contributed by atoms with E-state index in [1.54, 1.807) is 23.1 Å². The van der Waals surface area contributed by atoms with Crippen LogP contribution in [0.5, 0.6) is 5.75 Å². The smallest absolute Gasteiger partial charge is 0.261 e. The molecule has 0 aliphatic carbocycles. The van der Waals surface area contributed by atoms with Gasteiger partial charge in [-0.25, -0.2) is 4.98 Å². The van der Waals surface area contributed by atoms with Crippen LogP contribution in [0.1, 0.15) is 46.0 Å². The van der Waals surface area contributed by atoms with Crippen molar-refractivity contribution in [2.75, 3.05) is 6.61 Å². The van der Waals surface area contributed by atoms with Gasteiger partial charge in [0.1, 0.15) is 11.6 Å². The number of hydrogen-bond donors (Lipinski definition) is 1. The van der Waals surface area contributed by atoms with Gasteiger partial charge in [-0.2, -0.15) is 0 Å². The predicted molar refractivity (Wildman–Crippen MR) is 119 cm³/mol. The van der Waals surface area contributed by atoms with Crippen molar-refractivity contribution < 1.29 is 9.53 Å². The lowest BCUT2D eigenvalue weighted by Crippen LogP contribution is -2.40. The molecule has 6 heteroatoms. The van der Waals surface area contributed by atoms with E-state index < -0.39 is 0 Å². The number of ether oxygens (including phenoxy) is 1. The van der Waals surface area contributed by atoms with Gasteiger partial charge in [0.15, 0.2) is 6.61 Å². The largest absolute Gasteiger partial charge is 0.483 e. The molecule has 0 radical (unpaired) electrons. The third-order valence-electron chi connectivity index (χ3n) is 4.97. The summed E-state index contributed by atoms with van der Waals surface area (Å²) in [5.41, 5.74) is 1.37. The predicted octanol–water partition coefficient (Wildman–Crippen LogP) is 4.04. The minimum atomic E-state index is -0.206. The highest BCUT2D eigenvalue weighted by molar-refractivity contribution is 5.79. The second kappa shape index (κ2) is 8.69. The van der Waals surface area contributed by atoms with Gasteiger partial charge in [-0.05, 0) is 43.0 Å². The molecule has 0 unspecified atom stereocenters. The summed E-state index contributed by atoms with van der Waals surface area (Å²) < 4.78 is 5.90. The van der Waals surface area contributed by atoms with E-state index in [1.165, 1.54) is 0 Å². The Kier molecular flexibility index (Phi) is 6.25. The maximum Gasteiger partial charge on any atom is 0.261 e. The number of H-pyrrole nitrogens is 1. The SMILES string of the molecule is CC(C)N(Cc1nc2ccccc2c(=O)[nH]1)C(=O)COc1ccccc1C(C)(C)C. The topological polar surface area (TPSA) is 75.3 Å². The molecule has 2 aromatic carbocycles. The third-order valence-corrected chi connectivity index (χ3v) is 4.97. The van der Waals surface area contributed by atoms with Crippen molar-refractivity contribution in [3.05, 3.63) is 70.3 Å². The average molecular weight is 408 g/mol. The average Bonchev–Trinajstić information content (AvgIpc) is 2.69. The van der Waals surface area contributed by atoms with Gasteiger partial charge < -0.3 is 14.6 Å². The summed E-state index contributed by atoms with van der Waals surface area (Å²) >= 11 is 0. The van der Waals surface area contributed by atoms with Gasteiger partial charge in [0, 0.05) is 6.04 Å². The summed E-state index contributed by atoms with van der Waals surface area (Å²) in [5, 5.41) is 0.533. The van der Waals surface area contributed by atoms with Gasteiger partial charge in [-0.1, -0.05) is 51.1 Å². The Bertz CT molecular complexity index is 1100. The van der Waals surface area contributed by atoms with Crippen LogP contribution in [0.2, 0.25) is 0 Å². The van der Waals surface area contributed by atoms with E-state index in [2.05, 4.69) is 30.7 Å². The van der Waals surface area contributed by atoms with Crippen molar-refractivity contribution in [2.45, 2.75) is 52.6 Å². The number of carbonyl (C=O) groups is 1. The minimum absolute atomic E-state index is 0.0734. The fraction of sp³-hybridized carbons (Fsp3) is 0.375. The van der Waals surface area contributed by atoms with Crippen LogP contribution in [0, 0.1) is 0 Å². The highest BCUT2D eigenvalue weighted by Crippen LogP contribution is 2.31. The number of fused-ring (bicyclic) bond motifs is 1. The van der Waals surface area contributed by atoms with E-state index in [9.17, 15) is 9.59 Å². The molecule has 0 saturated heterocycles. The van der Waals surface area contributed by atoms with Crippen molar-refractivity contribution in [2.24, 2.45) is 0 Å². The van der Waals surface area contributed by atoms with Crippen LogP contribution in [-0.4, -0.2) is 33.4 Å². The first-order chi connectivity index (χ1) is 14.2. The Morgan fingerprint density at radius 3 is 2.47 bits per heavy atom. The summed E-state index contributed by atoms with van der Waals surface area (Å²) in [6.45, 7) is 10.3. The van der Waals surface area contributed by atoms with Crippen LogP contribution in [0.15, 0.2) is 53.3 Å². The number of para-hydroxylation sites is 2. The fourth-order valence-corrected chi connectivity index (χ4v) is 3.36. The molecule has 0 bridgehead atoms. The van der Waals surface area contributed by atoms with Gasteiger partial charge >= 0.3 is 0 Å². The normalized spacial score (nSPS) is 11.7. The van der Waals surface area contributed by atoms with Crippen LogP contribution in [-0.2, 0) is 16.8 Å². The molecule has 0 fully saturated rings. The lowest BCUT2D eigenvalue weighted by atomic mass is 9.86. The molecule has 158 valence electrons. The molecule has 0 atom stereocenters. The van der Waals surface area contributed by atoms with Crippen LogP contribution in [0.25, 0.3) is 10.9 Å². The van der Waals surface area contributed by atoms with Crippen LogP contribution >= 0.6 is 0 Å². The fourth-order valence-electron chi connectivity index (χ4n) is 3.36. The zero-order chi connectivity index (χ0) is 21.9. The van der Waals surface area contributed by atoms with Crippen molar-refractivity contribution in [1.82, 2.24) is 14.9 Å². The molecule has 30 heavy (non-hydrogen) atoms. The first-order valence-electron chi connectivity index (χ1n) is 10.2. The minimum Gasteiger partial charge on any atom is -0.483 e. The number of hydrogen-bond acceptors (Lipinski definition) is 4. The van der Waals surface area contributed by atoms with Crippen LogP contribution in [0.4, 0.5) is 0 Å². The molecule has 3 aromatic rings. The summed E-state index contributed by atoms with van der Waals surface area (Å²) in [7, 11) is 0. The molecular weight excluding hydrogens is 378 g/mol. The monoisotopic (exact) mass is 407 g/mol. The van der Waals surface area contributed by atoms with Crippen molar-refractivity contribution >= 4 is 16.8 Å². The van der Waals surface area contributed by atoms with Gasteiger partial charge in [0.25, 0.3) is 11.5 Å². The third kappa shape index (κ3) is 4.87. The number of aromatic amines is 1. The first-order valence-corrected chi connectivity index (χ1v) is 10.2. The second-order valence-electron chi connectivity index (χ2n) is 8.68. The molecule has 0 aliphatic rings. The molecule has 0 spiro atoms. The summed E-state index contributed by atoms with van der Waals surface area (Å²) in [6, 6.07) is 14.9. The van der Waals surface area contributed by atoms with E-state index in [0.717, 1.165) is 5.56 Å². The molecule has 1 heterocycles. The van der Waals surface area contributed by atoms with Crippen LogP contribution < -0.4 is 10.3 Å². The maximum atomic E-state index is 13.0.